The summed E-state index contributed by atoms with van der Waals surface area (Å²) in [6.45, 7) is 0. The molecule has 1 aromatic carbocycles. The number of aliphatic imine (C=N–C) groups is 1. The highest BCUT2D eigenvalue weighted by atomic mass is 35.5. The van der Waals surface area contributed by atoms with E-state index in [1.165, 1.54) is 38.0 Å². The Bertz CT molecular complexity index is 646. The summed E-state index contributed by atoms with van der Waals surface area (Å²) >= 11 is 1.28. The fourth-order valence-electron chi connectivity index (χ4n) is 1.50. The average Bonchev–Trinajstić information content (AvgIpc) is 2.48. The molecule has 0 bridgehead atoms. The Labute approximate surface area is 147 Å². The summed E-state index contributed by atoms with van der Waals surface area (Å²) in [5.41, 5.74) is 0.544. The quantitative estimate of drug-likeness (QED) is 0.592. The van der Waals surface area contributed by atoms with Gasteiger partial charge in [0.1, 0.15) is 0 Å². The molecular formula is C13H21ClN4O3S2. The van der Waals surface area contributed by atoms with E-state index in [-0.39, 0.29) is 29.0 Å². The largest absolute Gasteiger partial charge is 0.368 e. The van der Waals surface area contributed by atoms with Crippen molar-refractivity contribution in [3.8, 4) is 0 Å². The van der Waals surface area contributed by atoms with Gasteiger partial charge in [-0.05, 0) is 24.3 Å². The Balaban J connectivity index is 0.00000484. The highest BCUT2D eigenvalue weighted by Gasteiger charge is 2.16. The Morgan fingerprint density at radius 1 is 1.26 bits per heavy atom. The van der Waals surface area contributed by atoms with Crippen LogP contribution in [0.3, 0.4) is 0 Å². The van der Waals surface area contributed by atoms with E-state index in [1.54, 1.807) is 26.2 Å². The van der Waals surface area contributed by atoms with Gasteiger partial charge in [-0.25, -0.2) is 12.7 Å². The molecule has 0 saturated carbocycles. The normalized spacial score (nSPS) is 11.8. The lowest BCUT2D eigenvalue weighted by atomic mass is 10.3. The second-order valence-electron chi connectivity index (χ2n) is 4.43. The number of nitrogens with zero attached hydrogens (tertiary/aromatic N) is 2. The molecule has 0 aromatic heterocycles. The zero-order chi connectivity index (χ0) is 16.8. The maximum absolute atomic E-state index is 11.9. The third kappa shape index (κ3) is 6.38. The van der Waals surface area contributed by atoms with Gasteiger partial charge in [0.05, 0.1) is 10.6 Å². The highest BCUT2D eigenvalue weighted by molar-refractivity contribution is 8.14. The van der Waals surface area contributed by atoms with Crippen molar-refractivity contribution in [3.05, 3.63) is 24.3 Å². The molecule has 130 valence electrons. The predicted octanol–water partition coefficient (Wildman–Crippen LogP) is 1.24. The molecule has 0 fully saturated rings. The van der Waals surface area contributed by atoms with E-state index in [0.29, 0.717) is 10.9 Å². The second-order valence-corrected chi connectivity index (χ2v) is 7.54. The van der Waals surface area contributed by atoms with Gasteiger partial charge in [0, 0.05) is 33.9 Å². The lowest BCUT2D eigenvalue weighted by Gasteiger charge is -2.12. The molecule has 1 aromatic rings. The number of thioether (sulfide) groups is 1. The molecule has 0 heterocycles. The number of amidine groups is 1. The molecule has 23 heavy (non-hydrogen) atoms. The van der Waals surface area contributed by atoms with Crippen molar-refractivity contribution >= 4 is 51.0 Å². The summed E-state index contributed by atoms with van der Waals surface area (Å²) in [7, 11) is 2.85. The molecule has 2 N–H and O–H groups in total. The monoisotopic (exact) mass is 380 g/mol. The van der Waals surface area contributed by atoms with Crippen molar-refractivity contribution in [2.45, 2.75) is 4.90 Å². The number of halogens is 1. The molecule has 1 rings (SSSR count). The van der Waals surface area contributed by atoms with Crippen molar-refractivity contribution in [3.63, 3.8) is 0 Å². The zero-order valence-electron chi connectivity index (χ0n) is 13.4. The van der Waals surface area contributed by atoms with E-state index in [9.17, 15) is 13.2 Å². The fraction of sp³-hybridized carbons (Fsp3) is 0.385. The van der Waals surface area contributed by atoms with Gasteiger partial charge in [-0.2, -0.15) is 0 Å². The van der Waals surface area contributed by atoms with E-state index in [0.717, 1.165) is 4.31 Å². The smallest absolute Gasteiger partial charge is 0.242 e. The van der Waals surface area contributed by atoms with Crippen LogP contribution in [-0.2, 0) is 14.8 Å². The van der Waals surface area contributed by atoms with Crippen LogP contribution in [0.25, 0.3) is 0 Å². The van der Waals surface area contributed by atoms with Gasteiger partial charge in [-0.3, -0.25) is 9.79 Å². The van der Waals surface area contributed by atoms with Crippen molar-refractivity contribution in [2.75, 3.05) is 39.3 Å². The van der Waals surface area contributed by atoms with Gasteiger partial charge in [0.15, 0.2) is 5.17 Å². The summed E-state index contributed by atoms with van der Waals surface area (Å²) < 4.78 is 25.0. The van der Waals surface area contributed by atoms with Crippen LogP contribution in [0.4, 0.5) is 5.69 Å². The van der Waals surface area contributed by atoms with Crippen LogP contribution in [0.15, 0.2) is 34.2 Å². The molecule has 0 aliphatic carbocycles. The van der Waals surface area contributed by atoms with Crippen molar-refractivity contribution < 1.29 is 13.2 Å². The number of benzene rings is 1. The summed E-state index contributed by atoms with van der Waals surface area (Å²) in [4.78, 5) is 15.9. The van der Waals surface area contributed by atoms with Crippen molar-refractivity contribution in [1.82, 2.24) is 9.62 Å². The topological polar surface area (TPSA) is 90.9 Å². The lowest BCUT2D eigenvalue weighted by molar-refractivity contribution is -0.113. The third-order valence-corrected chi connectivity index (χ3v) is 5.57. The number of nitrogens with one attached hydrogen (secondary N) is 2. The number of anilines is 1. The molecule has 0 aliphatic heterocycles. The van der Waals surface area contributed by atoms with Crippen LogP contribution in [0, 0.1) is 0 Å². The van der Waals surface area contributed by atoms with Gasteiger partial charge in [0.25, 0.3) is 0 Å². The van der Waals surface area contributed by atoms with Crippen molar-refractivity contribution in [2.24, 2.45) is 4.99 Å². The van der Waals surface area contributed by atoms with E-state index >= 15 is 0 Å². The molecular weight excluding hydrogens is 360 g/mol. The molecule has 0 unspecified atom stereocenters. The summed E-state index contributed by atoms with van der Waals surface area (Å²) in [5, 5.41) is 6.24. The van der Waals surface area contributed by atoms with Crippen LogP contribution >= 0.6 is 24.2 Å². The Morgan fingerprint density at radius 3 is 2.26 bits per heavy atom. The number of hydrogen-bond donors (Lipinski definition) is 2. The van der Waals surface area contributed by atoms with E-state index in [1.807, 2.05) is 0 Å². The third-order valence-electron chi connectivity index (χ3n) is 2.67. The molecule has 0 radical (unpaired) electrons. The van der Waals surface area contributed by atoms with Gasteiger partial charge in [-0.1, -0.05) is 11.8 Å². The maximum Gasteiger partial charge on any atom is 0.242 e. The first-order valence-corrected chi connectivity index (χ1v) is 8.83. The number of rotatable bonds is 5. The first-order valence-electron chi connectivity index (χ1n) is 6.41. The van der Waals surface area contributed by atoms with E-state index in [4.69, 9.17) is 0 Å². The summed E-state index contributed by atoms with van der Waals surface area (Å²) in [6, 6.07) is 6.05. The van der Waals surface area contributed by atoms with E-state index in [2.05, 4.69) is 15.6 Å². The molecule has 10 heteroatoms. The SMILES string of the molecule is CN=C(NC)SCC(=O)Nc1ccc(S(=O)(=O)N(C)C)cc1.Cl. The van der Waals surface area contributed by atoms with Crippen molar-refractivity contribution in [1.29, 1.82) is 0 Å². The summed E-state index contributed by atoms with van der Waals surface area (Å²) in [6.07, 6.45) is 0. The van der Waals surface area contributed by atoms with Crippen LogP contribution in [0.1, 0.15) is 0 Å². The predicted molar refractivity (Wildman–Crippen MR) is 98.1 cm³/mol. The number of carbonyl (C=O) groups is 1. The Kier molecular flexibility index (Phi) is 9.21. The van der Waals surface area contributed by atoms with Crippen LogP contribution in [0.5, 0.6) is 0 Å². The minimum absolute atomic E-state index is 0. The molecule has 0 spiro atoms. The first-order chi connectivity index (χ1) is 10.3. The maximum atomic E-state index is 11.9. The molecule has 0 saturated heterocycles. The lowest BCUT2D eigenvalue weighted by Crippen LogP contribution is -2.22. The fourth-order valence-corrected chi connectivity index (χ4v) is 3.02. The second kappa shape index (κ2) is 9.76. The molecule has 0 aliphatic rings. The Morgan fingerprint density at radius 2 is 1.83 bits per heavy atom. The number of sulfonamides is 1. The van der Waals surface area contributed by atoms with Gasteiger partial charge < -0.3 is 10.6 Å². The minimum Gasteiger partial charge on any atom is -0.368 e. The van der Waals surface area contributed by atoms with Crippen LogP contribution in [-0.4, -0.2) is 57.7 Å². The molecule has 1 amide bonds. The van der Waals surface area contributed by atoms with Crippen LogP contribution < -0.4 is 10.6 Å². The zero-order valence-corrected chi connectivity index (χ0v) is 15.8. The van der Waals surface area contributed by atoms with Gasteiger partial charge in [-0.15, -0.1) is 12.4 Å². The van der Waals surface area contributed by atoms with Crippen LogP contribution in [0.2, 0.25) is 0 Å². The van der Waals surface area contributed by atoms with Gasteiger partial charge in [0.2, 0.25) is 15.9 Å². The number of hydrogen-bond acceptors (Lipinski definition) is 5. The first kappa shape index (κ1) is 21.7. The van der Waals surface area contributed by atoms with Gasteiger partial charge >= 0.3 is 0 Å². The number of amides is 1. The Hall–Kier alpha value is -1.29. The molecule has 0 atom stereocenters. The van der Waals surface area contributed by atoms with E-state index < -0.39 is 10.0 Å². The molecule has 7 nitrogen and oxygen atoms in total. The number of carbonyl (C=O) groups excluding carboxylic acids is 1. The standard InChI is InChI=1S/C13H20N4O3S2.ClH/c1-14-13(15-2)21-9-12(18)16-10-5-7-11(8-6-10)22(19,20)17(3)4;/h5-8H,9H2,1-4H3,(H,14,15)(H,16,18);1H. The minimum atomic E-state index is -3.46. The highest BCUT2D eigenvalue weighted by Crippen LogP contribution is 2.16. The summed E-state index contributed by atoms with van der Waals surface area (Å²) in [5.74, 6) is 0.0234. The average molecular weight is 381 g/mol.